The van der Waals surface area contributed by atoms with Gasteiger partial charge >= 0.3 is 0 Å². The maximum atomic E-state index is 2.22. The second-order valence-corrected chi connectivity index (χ2v) is 3.42. The third-order valence-electron chi connectivity index (χ3n) is 1.53. The van der Waals surface area contributed by atoms with Gasteiger partial charge < -0.3 is 0 Å². The van der Waals surface area contributed by atoms with E-state index in [9.17, 15) is 0 Å². The van der Waals surface area contributed by atoms with Crippen LogP contribution in [0.4, 0.5) is 0 Å². The molecule has 0 spiro atoms. The maximum Gasteiger partial charge on any atom is 0.171 e. The van der Waals surface area contributed by atoms with Crippen LogP contribution in [0.5, 0.6) is 0 Å². The number of hydrogen-bond donors (Lipinski definition) is 0. The van der Waals surface area contributed by atoms with Crippen LogP contribution >= 0.6 is 0 Å². The molecule has 9 heavy (non-hydrogen) atoms. The molecule has 0 aromatic carbocycles. The van der Waals surface area contributed by atoms with E-state index in [1.54, 1.807) is 0 Å². The Kier molecular flexibility index (Phi) is 1.52. The quantitative estimate of drug-likeness (QED) is 0.428. The van der Waals surface area contributed by atoms with Gasteiger partial charge in [-0.2, -0.15) is 0 Å². The molecule has 1 heterocycles. The highest BCUT2D eigenvalue weighted by Crippen LogP contribution is 2.27. The highest BCUT2D eigenvalue weighted by Gasteiger charge is 2.15. The first kappa shape index (κ1) is 6.66. The Bertz CT molecular complexity index is 158. The molecule has 1 aliphatic rings. The predicted molar refractivity (Wildman–Crippen MR) is 42.4 cm³/mol. The summed E-state index contributed by atoms with van der Waals surface area (Å²) in [5.74, 6) is 4.25. The summed E-state index contributed by atoms with van der Waals surface area (Å²) in [5.41, 5.74) is 1.74. The van der Waals surface area contributed by atoms with Crippen molar-refractivity contribution in [1.29, 1.82) is 0 Å². The molecule has 0 amide bonds. The van der Waals surface area contributed by atoms with Crippen molar-refractivity contribution in [2.45, 2.75) is 20.8 Å². The third-order valence-corrected chi connectivity index (χ3v) is 1.53. The molecule has 0 aromatic heterocycles. The summed E-state index contributed by atoms with van der Waals surface area (Å²) in [4.78, 5) is 0. The smallest absolute Gasteiger partial charge is 0.117 e. The van der Waals surface area contributed by atoms with Crippen LogP contribution in [0.3, 0.4) is 0 Å². The zero-order valence-corrected chi connectivity index (χ0v) is 6.31. The number of hydrogen-bond acceptors (Lipinski definition) is 0. The molecule has 1 radical (unpaired) electrons. The molecule has 0 fully saturated rings. The van der Waals surface area contributed by atoms with Crippen molar-refractivity contribution in [3.63, 3.8) is 0 Å². The summed E-state index contributed by atoms with van der Waals surface area (Å²) < 4.78 is 0. The molecule has 0 nitrogen and oxygen atoms in total. The lowest BCUT2D eigenvalue weighted by Gasteiger charge is -2.18. The van der Waals surface area contributed by atoms with E-state index in [-0.39, 0.29) is 0 Å². The Hall–Kier alpha value is -0.455. The minimum Gasteiger partial charge on any atom is -0.117 e. The molecule has 0 saturated heterocycles. The van der Waals surface area contributed by atoms with Crippen molar-refractivity contribution >= 4 is 7.28 Å². The third kappa shape index (κ3) is 1.47. The van der Waals surface area contributed by atoms with Gasteiger partial charge in [0.05, 0.1) is 0 Å². The SMILES string of the molecule is CC(C)(C)C1=C[B]C=C1. The molecule has 0 saturated carbocycles. The van der Waals surface area contributed by atoms with E-state index in [2.05, 4.69) is 46.1 Å². The highest BCUT2D eigenvalue weighted by molar-refractivity contribution is 6.49. The average molecular weight is 119 g/mol. The molecule has 1 aliphatic heterocycles. The molecule has 1 heteroatoms. The topological polar surface area (TPSA) is 0 Å². The summed E-state index contributed by atoms with van der Waals surface area (Å²) in [6, 6.07) is 0. The Morgan fingerprint density at radius 1 is 1.33 bits per heavy atom. The Labute approximate surface area is 57.9 Å². The lowest BCUT2D eigenvalue weighted by atomic mass is 9.79. The maximum absolute atomic E-state index is 2.22. The highest BCUT2D eigenvalue weighted by atomic mass is 14.2. The van der Waals surface area contributed by atoms with Crippen molar-refractivity contribution in [2.75, 3.05) is 0 Å². The Morgan fingerprint density at radius 3 is 2.22 bits per heavy atom. The van der Waals surface area contributed by atoms with Crippen LogP contribution in [-0.4, -0.2) is 7.28 Å². The van der Waals surface area contributed by atoms with E-state index < -0.39 is 0 Å². The van der Waals surface area contributed by atoms with Crippen molar-refractivity contribution in [3.05, 3.63) is 23.6 Å². The van der Waals surface area contributed by atoms with Gasteiger partial charge in [-0.15, -0.1) is 12.0 Å². The molecule has 0 aliphatic carbocycles. The van der Waals surface area contributed by atoms with Crippen LogP contribution in [0, 0.1) is 5.41 Å². The van der Waals surface area contributed by atoms with Crippen molar-refractivity contribution in [1.82, 2.24) is 0 Å². The van der Waals surface area contributed by atoms with E-state index in [4.69, 9.17) is 0 Å². The molecule has 0 N–H and O–H groups in total. The first-order valence-corrected chi connectivity index (χ1v) is 3.33. The summed E-state index contributed by atoms with van der Waals surface area (Å²) in [5, 5.41) is 0. The van der Waals surface area contributed by atoms with E-state index in [0.717, 1.165) is 0 Å². The molecular formula is C8H12B. The van der Waals surface area contributed by atoms with E-state index in [1.165, 1.54) is 5.57 Å². The Morgan fingerprint density at radius 2 is 2.00 bits per heavy atom. The standard InChI is InChI=1S/C8H12B/c1-8(2,3)7-4-5-9-6-7/h4-6H,1-3H3. The lowest BCUT2D eigenvalue weighted by Crippen LogP contribution is -2.05. The molecule has 0 aromatic rings. The fourth-order valence-corrected chi connectivity index (χ4v) is 0.874. The van der Waals surface area contributed by atoms with Crippen LogP contribution in [0.25, 0.3) is 0 Å². The van der Waals surface area contributed by atoms with E-state index >= 15 is 0 Å². The molecule has 47 valence electrons. The predicted octanol–water partition coefficient (Wildman–Crippen LogP) is 2.15. The second kappa shape index (κ2) is 2.05. The van der Waals surface area contributed by atoms with Gasteiger partial charge in [0.2, 0.25) is 0 Å². The van der Waals surface area contributed by atoms with Gasteiger partial charge in [0.1, 0.15) is 0 Å². The molecule has 1 rings (SSSR count). The van der Waals surface area contributed by atoms with Gasteiger partial charge in [-0.25, -0.2) is 0 Å². The summed E-state index contributed by atoms with van der Waals surface area (Å²) in [6.07, 6.45) is 2.17. The van der Waals surface area contributed by atoms with Crippen molar-refractivity contribution < 1.29 is 0 Å². The lowest BCUT2D eigenvalue weighted by molar-refractivity contribution is 0.519. The van der Waals surface area contributed by atoms with Crippen LogP contribution in [0.15, 0.2) is 23.6 Å². The summed E-state index contributed by atoms with van der Waals surface area (Å²) in [6.45, 7) is 6.67. The van der Waals surface area contributed by atoms with Crippen LogP contribution < -0.4 is 0 Å². The molecule has 0 unspecified atom stereocenters. The van der Waals surface area contributed by atoms with Gasteiger partial charge in [0.25, 0.3) is 0 Å². The second-order valence-electron chi connectivity index (χ2n) is 3.42. The molecular weight excluding hydrogens is 107 g/mol. The first-order valence-electron chi connectivity index (χ1n) is 3.33. The van der Waals surface area contributed by atoms with E-state index in [1.807, 2.05) is 0 Å². The van der Waals surface area contributed by atoms with Crippen molar-refractivity contribution in [2.24, 2.45) is 5.41 Å². The van der Waals surface area contributed by atoms with Crippen molar-refractivity contribution in [3.8, 4) is 0 Å². The first-order chi connectivity index (χ1) is 4.11. The van der Waals surface area contributed by atoms with Gasteiger partial charge in [0, 0.05) is 0 Å². The minimum atomic E-state index is 0.323. The van der Waals surface area contributed by atoms with E-state index in [0.29, 0.717) is 5.41 Å². The number of allylic oxidation sites excluding steroid dienone is 2. The Balaban J connectivity index is 2.73. The minimum absolute atomic E-state index is 0.323. The molecule has 0 bridgehead atoms. The van der Waals surface area contributed by atoms with Gasteiger partial charge in [0.15, 0.2) is 7.28 Å². The van der Waals surface area contributed by atoms with Gasteiger partial charge in [-0.1, -0.05) is 32.4 Å². The summed E-state index contributed by atoms with van der Waals surface area (Å²) in [7, 11) is 2.08. The van der Waals surface area contributed by atoms with Gasteiger partial charge in [-0.3, -0.25) is 0 Å². The largest absolute Gasteiger partial charge is 0.171 e. The van der Waals surface area contributed by atoms with Crippen LogP contribution in [0.1, 0.15) is 20.8 Å². The fraction of sp³-hybridized carbons (Fsp3) is 0.500. The summed E-state index contributed by atoms with van der Waals surface area (Å²) >= 11 is 0. The average Bonchev–Trinajstić information content (AvgIpc) is 2.08. The molecule has 0 atom stereocenters. The zero-order valence-electron chi connectivity index (χ0n) is 6.31. The fourth-order valence-electron chi connectivity index (χ4n) is 0.874. The monoisotopic (exact) mass is 119 g/mol. The normalized spacial score (nSPS) is 17.4. The zero-order chi connectivity index (χ0) is 6.91. The van der Waals surface area contributed by atoms with Gasteiger partial charge in [-0.05, 0) is 5.41 Å². The number of rotatable bonds is 0. The van der Waals surface area contributed by atoms with Crippen LogP contribution in [0.2, 0.25) is 0 Å². The van der Waals surface area contributed by atoms with Crippen LogP contribution in [-0.2, 0) is 0 Å².